The molecule has 2 N–H and O–H groups in total. The second-order valence-corrected chi connectivity index (χ2v) is 3.69. The van der Waals surface area contributed by atoms with Crippen LogP contribution in [0, 0.1) is 0 Å². The van der Waals surface area contributed by atoms with Crippen molar-refractivity contribution in [2.24, 2.45) is 5.73 Å². The molecule has 0 aliphatic rings. The van der Waals surface area contributed by atoms with Crippen molar-refractivity contribution in [2.75, 3.05) is 19.0 Å². The third kappa shape index (κ3) is 7.30. The summed E-state index contributed by atoms with van der Waals surface area (Å²) in [6.45, 7) is 4.11. The largest absolute Gasteiger partial charge is 0.465 e. The van der Waals surface area contributed by atoms with Crippen molar-refractivity contribution < 1.29 is 19.1 Å². The first kappa shape index (κ1) is 15.0. The normalized spacial score (nSPS) is 12.4. The molecular weight excluding hydrogens is 230 g/mol. The van der Waals surface area contributed by atoms with Gasteiger partial charge in [0.1, 0.15) is 6.04 Å². The Bertz CT molecular complexity index is 255. The van der Waals surface area contributed by atoms with Crippen molar-refractivity contribution in [1.29, 1.82) is 0 Å². The zero-order valence-corrected chi connectivity index (χ0v) is 10.3. The molecule has 6 heteroatoms. The van der Waals surface area contributed by atoms with E-state index >= 15 is 0 Å². The van der Waals surface area contributed by atoms with Gasteiger partial charge >= 0.3 is 11.9 Å². The van der Waals surface area contributed by atoms with Crippen LogP contribution in [0.25, 0.3) is 0 Å². The number of thioether (sulfide) groups is 1. The summed E-state index contributed by atoms with van der Waals surface area (Å²) in [5.41, 5.74) is 5.53. The van der Waals surface area contributed by atoms with Crippen molar-refractivity contribution in [3.63, 3.8) is 0 Å². The van der Waals surface area contributed by atoms with Crippen LogP contribution in [0.3, 0.4) is 0 Å². The van der Waals surface area contributed by atoms with Crippen molar-refractivity contribution in [2.45, 2.75) is 19.9 Å². The van der Waals surface area contributed by atoms with Gasteiger partial charge in [0.05, 0.1) is 13.2 Å². The van der Waals surface area contributed by atoms with Crippen LogP contribution in [0.2, 0.25) is 0 Å². The Hall–Kier alpha value is -1.01. The molecule has 0 aliphatic heterocycles. The Morgan fingerprint density at radius 1 is 1.31 bits per heavy atom. The first-order chi connectivity index (χ1) is 7.61. The Morgan fingerprint density at radius 3 is 2.50 bits per heavy atom. The predicted molar refractivity (Wildman–Crippen MR) is 62.8 cm³/mol. The van der Waals surface area contributed by atoms with Gasteiger partial charge in [-0.2, -0.15) is 0 Å². The first-order valence-corrected chi connectivity index (χ1v) is 6.03. The Morgan fingerprint density at radius 2 is 1.94 bits per heavy atom. The van der Waals surface area contributed by atoms with E-state index in [-0.39, 0.29) is 0 Å². The zero-order chi connectivity index (χ0) is 12.4. The highest BCUT2D eigenvalue weighted by molar-refractivity contribution is 8.02. The molecule has 0 spiro atoms. The number of carbonyl (C=O) groups excluding carboxylic acids is 2. The van der Waals surface area contributed by atoms with Gasteiger partial charge in [-0.3, -0.25) is 4.79 Å². The topological polar surface area (TPSA) is 78.6 Å². The number of hydrogen-bond acceptors (Lipinski definition) is 6. The highest BCUT2D eigenvalue weighted by atomic mass is 32.2. The quantitative estimate of drug-likeness (QED) is 0.526. The Labute approximate surface area is 99.3 Å². The van der Waals surface area contributed by atoms with E-state index in [1.165, 1.54) is 17.8 Å². The maximum atomic E-state index is 11.1. The molecular formula is C10H17NO4S. The van der Waals surface area contributed by atoms with Gasteiger partial charge < -0.3 is 15.2 Å². The van der Waals surface area contributed by atoms with Gasteiger partial charge in [-0.25, -0.2) is 4.79 Å². The highest BCUT2D eigenvalue weighted by Gasteiger charge is 2.13. The number of carbonyl (C=O) groups is 2. The molecule has 0 bridgehead atoms. The van der Waals surface area contributed by atoms with Gasteiger partial charge in [-0.15, -0.1) is 11.8 Å². The van der Waals surface area contributed by atoms with E-state index in [0.717, 1.165) is 0 Å². The standard InChI is InChI=1S/C10H17NO4S/c1-3-14-9(12)5-6-16-7-8(11)10(13)15-4-2/h5-6,8H,3-4,7,11H2,1-2H3/b6-5+/t8-/m1/s1. The van der Waals surface area contributed by atoms with Crippen LogP contribution in [0.5, 0.6) is 0 Å². The van der Waals surface area contributed by atoms with Crippen LogP contribution >= 0.6 is 11.8 Å². The average molecular weight is 247 g/mol. The lowest BCUT2D eigenvalue weighted by atomic mass is 10.4. The molecule has 0 saturated carbocycles. The maximum Gasteiger partial charge on any atom is 0.331 e. The van der Waals surface area contributed by atoms with Crippen LogP contribution < -0.4 is 5.73 Å². The summed E-state index contributed by atoms with van der Waals surface area (Å²) >= 11 is 1.26. The Kier molecular flexibility index (Phi) is 8.65. The second-order valence-electron chi connectivity index (χ2n) is 2.75. The van der Waals surface area contributed by atoms with Crippen LogP contribution in [-0.2, 0) is 19.1 Å². The van der Waals surface area contributed by atoms with Gasteiger partial charge in [0, 0.05) is 11.8 Å². The number of hydrogen-bond donors (Lipinski definition) is 1. The monoisotopic (exact) mass is 247 g/mol. The molecule has 0 heterocycles. The number of ether oxygens (including phenoxy) is 2. The van der Waals surface area contributed by atoms with Gasteiger partial charge in [-0.05, 0) is 19.3 Å². The molecule has 92 valence electrons. The fraction of sp³-hybridized carbons (Fsp3) is 0.600. The molecule has 0 aliphatic carbocycles. The minimum atomic E-state index is -0.670. The van der Waals surface area contributed by atoms with Crippen molar-refractivity contribution in [3.05, 3.63) is 11.5 Å². The fourth-order valence-corrected chi connectivity index (χ4v) is 1.43. The van der Waals surface area contributed by atoms with E-state index in [2.05, 4.69) is 4.74 Å². The third-order valence-corrected chi connectivity index (χ3v) is 2.33. The SMILES string of the molecule is CCOC(=O)/C=C/SC[C@@H](N)C(=O)OCC. The molecule has 0 aromatic heterocycles. The highest BCUT2D eigenvalue weighted by Crippen LogP contribution is 2.04. The maximum absolute atomic E-state index is 11.1. The molecule has 0 saturated heterocycles. The summed E-state index contributed by atoms with van der Waals surface area (Å²) in [4.78, 5) is 22.0. The molecule has 0 fully saturated rings. The average Bonchev–Trinajstić information content (AvgIpc) is 2.24. The minimum absolute atomic E-state index is 0.315. The predicted octanol–water partition coefficient (Wildman–Crippen LogP) is 0.687. The smallest absolute Gasteiger partial charge is 0.331 e. The van der Waals surface area contributed by atoms with Crippen molar-refractivity contribution in [3.8, 4) is 0 Å². The molecule has 5 nitrogen and oxygen atoms in total. The molecule has 0 aromatic rings. The van der Waals surface area contributed by atoms with Gasteiger partial charge in [0.2, 0.25) is 0 Å². The third-order valence-electron chi connectivity index (χ3n) is 1.45. The van der Waals surface area contributed by atoms with E-state index in [1.807, 2.05) is 0 Å². The van der Waals surface area contributed by atoms with Crippen LogP contribution in [0.4, 0.5) is 0 Å². The number of rotatable bonds is 7. The van der Waals surface area contributed by atoms with Crippen molar-refractivity contribution >= 4 is 23.7 Å². The molecule has 0 unspecified atom stereocenters. The summed E-state index contributed by atoms with van der Waals surface area (Å²) in [7, 11) is 0. The van der Waals surface area contributed by atoms with E-state index < -0.39 is 18.0 Å². The summed E-state index contributed by atoms with van der Waals surface area (Å²) in [5.74, 6) is -0.464. The van der Waals surface area contributed by atoms with E-state index in [1.54, 1.807) is 19.3 Å². The summed E-state index contributed by atoms with van der Waals surface area (Å²) in [5, 5.41) is 1.55. The van der Waals surface area contributed by atoms with Gasteiger partial charge in [0.15, 0.2) is 0 Å². The Balaban J connectivity index is 3.72. The van der Waals surface area contributed by atoms with E-state index in [0.29, 0.717) is 19.0 Å². The van der Waals surface area contributed by atoms with Crippen LogP contribution in [0.15, 0.2) is 11.5 Å². The lowest BCUT2D eigenvalue weighted by molar-refractivity contribution is -0.144. The molecule has 0 radical (unpaired) electrons. The lowest BCUT2D eigenvalue weighted by Crippen LogP contribution is -2.34. The lowest BCUT2D eigenvalue weighted by Gasteiger charge is -2.07. The second kappa shape index (κ2) is 9.23. The van der Waals surface area contributed by atoms with Crippen LogP contribution in [-0.4, -0.2) is 36.9 Å². The molecule has 1 atom stereocenters. The summed E-state index contributed by atoms with van der Waals surface area (Å²) < 4.78 is 9.40. The van der Waals surface area contributed by atoms with E-state index in [4.69, 9.17) is 10.5 Å². The summed E-state index contributed by atoms with van der Waals surface area (Å²) in [6, 6.07) is -0.670. The van der Waals surface area contributed by atoms with Crippen LogP contribution in [0.1, 0.15) is 13.8 Å². The number of nitrogens with two attached hydrogens (primary N) is 1. The molecule has 16 heavy (non-hydrogen) atoms. The molecule has 0 aromatic carbocycles. The summed E-state index contributed by atoms with van der Waals surface area (Å²) in [6.07, 6.45) is 1.30. The van der Waals surface area contributed by atoms with E-state index in [9.17, 15) is 9.59 Å². The fourth-order valence-electron chi connectivity index (χ4n) is 0.771. The van der Waals surface area contributed by atoms with Gasteiger partial charge in [0.25, 0.3) is 0 Å². The molecule has 0 rings (SSSR count). The molecule has 0 amide bonds. The van der Waals surface area contributed by atoms with Gasteiger partial charge in [-0.1, -0.05) is 0 Å². The number of esters is 2. The first-order valence-electron chi connectivity index (χ1n) is 4.98. The van der Waals surface area contributed by atoms with Crippen molar-refractivity contribution in [1.82, 2.24) is 0 Å². The minimum Gasteiger partial charge on any atom is -0.465 e. The zero-order valence-electron chi connectivity index (χ0n) is 9.47.